The number of hydrogen-bond donors (Lipinski definition) is 1. The summed E-state index contributed by atoms with van der Waals surface area (Å²) in [7, 11) is 0. The number of pyridine rings is 1. The molecular weight excluding hydrogens is 345 g/mol. The van der Waals surface area contributed by atoms with E-state index in [9.17, 15) is 18.0 Å². The Kier molecular flexibility index (Phi) is 5.66. The first kappa shape index (κ1) is 18.1. The Bertz CT molecular complexity index is 736. The van der Waals surface area contributed by atoms with Crippen molar-refractivity contribution in [3.63, 3.8) is 0 Å². The maximum Gasteiger partial charge on any atom is 0.416 e. The molecule has 128 valence electrons. The predicted molar refractivity (Wildman–Crippen MR) is 84.4 cm³/mol. The van der Waals surface area contributed by atoms with E-state index < -0.39 is 17.6 Å². The van der Waals surface area contributed by atoms with Crippen LogP contribution in [0.2, 0.25) is 5.02 Å². The minimum atomic E-state index is -4.53. The first-order valence-electron chi connectivity index (χ1n) is 7.08. The molecule has 2 aromatic rings. The van der Waals surface area contributed by atoms with Crippen LogP contribution in [0.5, 0.6) is 5.75 Å². The molecule has 0 aliphatic rings. The van der Waals surface area contributed by atoms with Gasteiger partial charge in [-0.25, -0.2) is 0 Å². The lowest BCUT2D eigenvalue weighted by Crippen LogP contribution is -2.15. The van der Waals surface area contributed by atoms with Gasteiger partial charge in [-0.05, 0) is 36.8 Å². The van der Waals surface area contributed by atoms with Gasteiger partial charge in [0, 0.05) is 11.2 Å². The minimum Gasteiger partial charge on any atom is -0.491 e. The molecule has 0 bridgehead atoms. The Morgan fingerprint density at radius 2 is 2.04 bits per heavy atom. The first-order valence-corrected chi connectivity index (χ1v) is 7.46. The monoisotopic (exact) mass is 358 g/mol. The van der Waals surface area contributed by atoms with Crippen molar-refractivity contribution in [3.8, 4) is 5.75 Å². The molecule has 8 heteroatoms. The summed E-state index contributed by atoms with van der Waals surface area (Å²) in [5.74, 6) is -0.529. The van der Waals surface area contributed by atoms with E-state index in [4.69, 9.17) is 16.3 Å². The molecule has 0 radical (unpaired) electrons. The van der Waals surface area contributed by atoms with E-state index in [0.717, 1.165) is 12.1 Å². The van der Waals surface area contributed by atoms with Crippen molar-refractivity contribution in [1.82, 2.24) is 4.98 Å². The van der Waals surface area contributed by atoms with E-state index in [-0.39, 0.29) is 17.1 Å². The summed E-state index contributed by atoms with van der Waals surface area (Å²) in [5, 5.41) is 2.68. The number of benzene rings is 1. The Hall–Kier alpha value is -2.28. The zero-order valence-corrected chi connectivity index (χ0v) is 13.4. The zero-order chi connectivity index (χ0) is 17.7. The van der Waals surface area contributed by atoms with E-state index in [2.05, 4.69) is 10.3 Å². The molecule has 24 heavy (non-hydrogen) atoms. The fraction of sp³-hybridized carbons (Fsp3) is 0.250. The van der Waals surface area contributed by atoms with Crippen LogP contribution in [0.1, 0.15) is 29.4 Å². The lowest BCUT2D eigenvalue weighted by atomic mass is 10.1. The fourth-order valence-corrected chi connectivity index (χ4v) is 2.02. The number of carbonyl (C=O) groups excluding carboxylic acids is 1. The van der Waals surface area contributed by atoms with Crippen molar-refractivity contribution < 1.29 is 22.7 Å². The molecule has 1 N–H and O–H groups in total. The number of ether oxygens (including phenoxy) is 1. The van der Waals surface area contributed by atoms with Crippen LogP contribution in [0.25, 0.3) is 0 Å². The third kappa shape index (κ3) is 4.61. The minimum absolute atomic E-state index is 0.0126. The van der Waals surface area contributed by atoms with Gasteiger partial charge >= 0.3 is 6.18 Å². The summed E-state index contributed by atoms with van der Waals surface area (Å²) in [4.78, 5) is 16.0. The van der Waals surface area contributed by atoms with E-state index in [1.165, 1.54) is 24.4 Å². The standard InChI is InChI=1S/C16H14ClF3N2O2/c1-2-7-24-14-4-3-10(16(18,19)20)8-12(14)22-15(23)13-9-11(17)5-6-21-13/h3-6,8-9H,2,7H2,1H3,(H,22,23). The van der Waals surface area contributed by atoms with Crippen LogP contribution in [-0.4, -0.2) is 17.5 Å². The molecule has 0 spiro atoms. The number of anilines is 1. The van der Waals surface area contributed by atoms with Gasteiger partial charge in [0.25, 0.3) is 5.91 Å². The highest BCUT2D eigenvalue weighted by atomic mass is 35.5. The molecule has 0 saturated carbocycles. The SMILES string of the molecule is CCCOc1ccc(C(F)(F)F)cc1NC(=O)c1cc(Cl)ccn1. The summed E-state index contributed by atoms with van der Waals surface area (Å²) < 4.78 is 44.0. The molecule has 4 nitrogen and oxygen atoms in total. The Morgan fingerprint density at radius 1 is 1.29 bits per heavy atom. The molecule has 0 aliphatic heterocycles. The Morgan fingerprint density at radius 3 is 2.67 bits per heavy atom. The fourth-order valence-electron chi connectivity index (χ4n) is 1.86. The number of carbonyl (C=O) groups is 1. The summed E-state index contributed by atoms with van der Waals surface area (Å²) in [6.45, 7) is 2.17. The molecule has 2 rings (SSSR count). The summed E-state index contributed by atoms with van der Waals surface area (Å²) in [5.41, 5.74) is -0.980. The molecule has 0 fully saturated rings. The smallest absolute Gasteiger partial charge is 0.416 e. The van der Waals surface area contributed by atoms with Crippen molar-refractivity contribution >= 4 is 23.2 Å². The Labute approximate surface area is 141 Å². The Balaban J connectivity index is 2.33. The number of nitrogens with zero attached hydrogens (tertiary/aromatic N) is 1. The van der Waals surface area contributed by atoms with E-state index in [1.807, 2.05) is 6.92 Å². The molecule has 1 amide bonds. The van der Waals surface area contributed by atoms with E-state index in [1.54, 1.807) is 0 Å². The lowest BCUT2D eigenvalue weighted by molar-refractivity contribution is -0.137. The van der Waals surface area contributed by atoms with Crippen molar-refractivity contribution in [1.29, 1.82) is 0 Å². The maximum atomic E-state index is 12.9. The van der Waals surface area contributed by atoms with Gasteiger partial charge < -0.3 is 10.1 Å². The van der Waals surface area contributed by atoms with Crippen LogP contribution in [0.3, 0.4) is 0 Å². The number of hydrogen-bond acceptors (Lipinski definition) is 3. The van der Waals surface area contributed by atoms with Gasteiger partial charge in [-0.3, -0.25) is 9.78 Å². The predicted octanol–water partition coefficient (Wildman–Crippen LogP) is 4.79. The number of halogens is 4. The third-order valence-corrected chi connectivity index (χ3v) is 3.21. The highest BCUT2D eigenvalue weighted by Crippen LogP contribution is 2.35. The molecule has 1 heterocycles. The van der Waals surface area contributed by atoms with Gasteiger partial charge in [-0.2, -0.15) is 13.2 Å². The summed E-state index contributed by atoms with van der Waals surface area (Å²) >= 11 is 5.78. The van der Waals surface area contributed by atoms with Gasteiger partial charge in [0.2, 0.25) is 0 Å². The molecule has 1 aromatic heterocycles. The first-order chi connectivity index (χ1) is 11.3. The average molecular weight is 359 g/mol. The zero-order valence-electron chi connectivity index (χ0n) is 12.7. The van der Waals surface area contributed by atoms with Gasteiger partial charge in [-0.1, -0.05) is 18.5 Å². The van der Waals surface area contributed by atoms with Crippen LogP contribution in [-0.2, 0) is 6.18 Å². The van der Waals surface area contributed by atoms with Gasteiger partial charge in [0.05, 0.1) is 17.9 Å². The molecule has 0 unspecified atom stereocenters. The number of rotatable bonds is 5. The van der Waals surface area contributed by atoms with Crippen LogP contribution < -0.4 is 10.1 Å². The van der Waals surface area contributed by atoms with E-state index >= 15 is 0 Å². The maximum absolute atomic E-state index is 12.9. The topological polar surface area (TPSA) is 51.2 Å². The lowest BCUT2D eigenvalue weighted by Gasteiger charge is -2.15. The summed E-state index contributed by atoms with van der Waals surface area (Å²) in [6.07, 6.45) is -2.53. The second kappa shape index (κ2) is 7.53. The third-order valence-electron chi connectivity index (χ3n) is 2.97. The number of nitrogens with one attached hydrogen (secondary N) is 1. The van der Waals surface area contributed by atoms with Gasteiger partial charge in [-0.15, -0.1) is 0 Å². The number of aromatic nitrogens is 1. The largest absolute Gasteiger partial charge is 0.491 e. The highest BCUT2D eigenvalue weighted by molar-refractivity contribution is 6.30. The van der Waals surface area contributed by atoms with Gasteiger partial charge in [0.15, 0.2) is 0 Å². The van der Waals surface area contributed by atoms with Crippen molar-refractivity contribution in [3.05, 3.63) is 52.8 Å². The van der Waals surface area contributed by atoms with Crippen LogP contribution in [0, 0.1) is 0 Å². The van der Waals surface area contributed by atoms with Crippen LogP contribution >= 0.6 is 11.6 Å². The quantitative estimate of drug-likeness (QED) is 0.835. The van der Waals surface area contributed by atoms with Crippen LogP contribution in [0.4, 0.5) is 18.9 Å². The normalized spacial score (nSPS) is 11.2. The molecule has 1 aromatic carbocycles. The second-order valence-corrected chi connectivity index (χ2v) is 5.31. The van der Waals surface area contributed by atoms with Crippen molar-refractivity contribution in [2.45, 2.75) is 19.5 Å². The summed E-state index contributed by atoms with van der Waals surface area (Å²) in [6, 6.07) is 5.71. The average Bonchev–Trinajstić information content (AvgIpc) is 2.52. The van der Waals surface area contributed by atoms with Crippen molar-refractivity contribution in [2.75, 3.05) is 11.9 Å². The number of alkyl halides is 3. The van der Waals surface area contributed by atoms with Gasteiger partial charge in [0.1, 0.15) is 11.4 Å². The highest BCUT2D eigenvalue weighted by Gasteiger charge is 2.31. The van der Waals surface area contributed by atoms with Crippen LogP contribution in [0.15, 0.2) is 36.5 Å². The molecule has 0 saturated heterocycles. The second-order valence-electron chi connectivity index (χ2n) is 4.87. The molecule has 0 atom stereocenters. The van der Waals surface area contributed by atoms with E-state index in [0.29, 0.717) is 18.1 Å². The molecule has 0 aliphatic carbocycles. The van der Waals surface area contributed by atoms with Crippen molar-refractivity contribution in [2.24, 2.45) is 0 Å². The molecular formula is C16H14ClF3N2O2. The number of amides is 1.